The molecule has 0 spiro atoms. The number of halogens is 1. The lowest BCUT2D eigenvalue weighted by Crippen LogP contribution is -2.37. The van der Waals surface area contributed by atoms with Crippen LogP contribution in [0.3, 0.4) is 0 Å². The third kappa shape index (κ3) is 4.39. The van der Waals surface area contributed by atoms with Crippen LogP contribution in [0.2, 0.25) is 0 Å². The fourth-order valence-electron chi connectivity index (χ4n) is 3.15. The van der Waals surface area contributed by atoms with Gasteiger partial charge in [0.15, 0.2) is 0 Å². The minimum Gasteiger partial charge on any atom is -0.496 e. The largest absolute Gasteiger partial charge is 0.496 e. The van der Waals surface area contributed by atoms with Crippen LogP contribution < -0.4 is 10.1 Å². The van der Waals surface area contributed by atoms with Crippen LogP contribution in [0.15, 0.2) is 51.8 Å². The maximum Gasteiger partial charge on any atom is 0.259 e. The number of carbonyl (C=O) groups excluding carboxylic acids is 1. The smallest absolute Gasteiger partial charge is 0.259 e. The number of nitrogens with one attached hydrogen (secondary N) is 1. The first-order chi connectivity index (χ1) is 13.3. The molecule has 150 valence electrons. The molecule has 2 aromatic rings. The van der Waals surface area contributed by atoms with E-state index in [0.717, 1.165) is 17.3 Å². The molecule has 1 aliphatic heterocycles. The number of anilines is 1. The van der Waals surface area contributed by atoms with Gasteiger partial charge in [0.1, 0.15) is 5.75 Å². The summed E-state index contributed by atoms with van der Waals surface area (Å²) in [6.45, 7) is 3.11. The summed E-state index contributed by atoms with van der Waals surface area (Å²) >= 11 is 3.39. The summed E-state index contributed by atoms with van der Waals surface area (Å²) in [4.78, 5) is 12.9. The lowest BCUT2D eigenvalue weighted by molar-refractivity contribution is 0.102. The molecule has 0 saturated carbocycles. The van der Waals surface area contributed by atoms with E-state index in [-0.39, 0.29) is 10.5 Å². The molecule has 1 saturated heterocycles. The van der Waals surface area contributed by atoms with E-state index in [4.69, 9.17) is 4.74 Å². The number of hydrogen-bond donors (Lipinski definition) is 1. The standard InChI is InChI=1S/C20H23BrN2O4S/c1-14-9-11-23(12-10-14)28(25,26)15-7-8-19(27-2)16(13-15)20(24)22-18-6-4-3-5-17(18)21/h3-8,13-14H,9-12H2,1-2H3,(H,22,24). The Balaban J connectivity index is 1.91. The number of hydrogen-bond acceptors (Lipinski definition) is 4. The van der Waals surface area contributed by atoms with E-state index in [2.05, 4.69) is 28.2 Å². The molecule has 1 amide bonds. The molecule has 0 atom stereocenters. The van der Waals surface area contributed by atoms with Gasteiger partial charge in [-0.2, -0.15) is 4.31 Å². The van der Waals surface area contributed by atoms with Crippen molar-refractivity contribution < 1.29 is 17.9 Å². The Morgan fingerprint density at radius 1 is 1.18 bits per heavy atom. The van der Waals surface area contributed by atoms with Crippen LogP contribution in [0.25, 0.3) is 0 Å². The van der Waals surface area contributed by atoms with Crippen molar-refractivity contribution in [2.24, 2.45) is 5.92 Å². The predicted octanol–water partition coefficient (Wildman–Crippen LogP) is 4.13. The van der Waals surface area contributed by atoms with Gasteiger partial charge < -0.3 is 10.1 Å². The molecule has 1 fully saturated rings. The summed E-state index contributed by atoms with van der Waals surface area (Å²) in [5.41, 5.74) is 0.762. The van der Waals surface area contributed by atoms with E-state index in [9.17, 15) is 13.2 Å². The highest BCUT2D eigenvalue weighted by atomic mass is 79.9. The Kier molecular flexibility index (Phi) is 6.42. The maximum absolute atomic E-state index is 13.0. The molecule has 1 aliphatic rings. The predicted molar refractivity (Wildman–Crippen MR) is 112 cm³/mol. The summed E-state index contributed by atoms with van der Waals surface area (Å²) in [6.07, 6.45) is 1.68. The van der Waals surface area contributed by atoms with Crippen molar-refractivity contribution >= 4 is 37.5 Å². The second-order valence-electron chi connectivity index (χ2n) is 6.88. The lowest BCUT2D eigenvalue weighted by atomic mass is 10.0. The number of nitrogens with zero attached hydrogens (tertiary/aromatic N) is 1. The summed E-state index contributed by atoms with van der Waals surface area (Å²) in [6, 6.07) is 11.6. The van der Waals surface area contributed by atoms with Gasteiger partial charge in [0.2, 0.25) is 10.0 Å². The Hall–Kier alpha value is -1.90. The highest BCUT2D eigenvalue weighted by Crippen LogP contribution is 2.29. The van der Waals surface area contributed by atoms with E-state index >= 15 is 0 Å². The molecule has 8 heteroatoms. The molecule has 28 heavy (non-hydrogen) atoms. The van der Waals surface area contributed by atoms with Crippen LogP contribution >= 0.6 is 15.9 Å². The molecule has 0 radical (unpaired) electrons. The van der Waals surface area contributed by atoms with Crippen molar-refractivity contribution in [3.8, 4) is 5.75 Å². The van der Waals surface area contributed by atoms with Crippen LogP contribution in [0.4, 0.5) is 5.69 Å². The first-order valence-corrected chi connectivity index (χ1v) is 11.3. The Bertz CT molecular complexity index is 970. The van der Waals surface area contributed by atoms with Crippen molar-refractivity contribution in [1.82, 2.24) is 4.31 Å². The van der Waals surface area contributed by atoms with Gasteiger partial charge in [-0.05, 0) is 65.0 Å². The third-order valence-corrected chi connectivity index (χ3v) is 7.50. The van der Waals surface area contributed by atoms with Crippen molar-refractivity contribution in [3.63, 3.8) is 0 Å². The fraction of sp³-hybridized carbons (Fsp3) is 0.350. The Labute approximate surface area is 174 Å². The minimum atomic E-state index is -3.66. The summed E-state index contributed by atoms with van der Waals surface area (Å²) in [5, 5.41) is 2.79. The van der Waals surface area contributed by atoms with Gasteiger partial charge in [-0.15, -0.1) is 0 Å². The number of benzene rings is 2. The van der Waals surface area contributed by atoms with Gasteiger partial charge in [-0.1, -0.05) is 19.1 Å². The molecular weight excluding hydrogens is 444 g/mol. The molecule has 0 aromatic heterocycles. The zero-order chi connectivity index (χ0) is 20.3. The van der Waals surface area contributed by atoms with Gasteiger partial charge in [0.25, 0.3) is 5.91 Å². The van der Waals surface area contributed by atoms with Crippen molar-refractivity contribution in [2.45, 2.75) is 24.7 Å². The Morgan fingerprint density at radius 2 is 1.86 bits per heavy atom. The maximum atomic E-state index is 13.0. The van der Waals surface area contributed by atoms with E-state index in [1.54, 1.807) is 12.1 Å². The molecule has 6 nitrogen and oxygen atoms in total. The molecular formula is C20H23BrN2O4S. The van der Waals surface area contributed by atoms with E-state index in [1.165, 1.54) is 29.6 Å². The highest BCUT2D eigenvalue weighted by Gasteiger charge is 2.29. The van der Waals surface area contributed by atoms with Gasteiger partial charge in [0.05, 0.1) is 23.3 Å². The number of para-hydroxylation sites is 1. The summed E-state index contributed by atoms with van der Waals surface area (Å²) < 4.78 is 33.6. The van der Waals surface area contributed by atoms with Crippen LogP contribution in [-0.4, -0.2) is 38.8 Å². The second kappa shape index (κ2) is 8.63. The van der Waals surface area contributed by atoms with Gasteiger partial charge >= 0.3 is 0 Å². The topological polar surface area (TPSA) is 75.7 Å². The minimum absolute atomic E-state index is 0.0973. The average Bonchev–Trinajstić information content (AvgIpc) is 2.69. The number of amides is 1. The molecule has 0 unspecified atom stereocenters. The van der Waals surface area contributed by atoms with Gasteiger partial charge in [-0.25, -0.2) is 8.42 Å². The summed E-state index contributed by atoms with van der Waals surface area (Å²) in [7, 11) is -2.21. The first kappa shape index (κ1) is 20.8. The van der Waals surface area contributed by atoms with Crippen LogP contribution in [0.1, 0.15) is 30.1 Å². The first-order valence-electron chi connectivity index (χ1n) is 9.07. The van der Waals surface area contributed by atoms with Gasteiger partial charge in [0, 0.05) is 17.6 Å². The zero-order valence-electron chi connectivity index (χ0n) is 15.8. The van der Waals surface area contributed by atoms with Crippen LogP contribution in [0, 0.1) is 5.92 Å². The normalized spacial score (nSPS) is 16.0. The molecule has 1 N–H and O–H groups in total. The lowest BCUT2D eigenvalue weighted by Gasteiger charge is -2.29. The second-order valence-corrected chi connectivity index (χ2v) is 9.67. The van der Waals surface area contributed by atoms with E-state index in [1.807, 2.05) is 12.1 Å². The van der Waals surface area contributed by atoms with E-state index < -0.39 is 15.9 Å². The van der Waals surface area contributed by atoms with Crippen molar-refractivity contribution in [2.75, 3.05) is 25.5 Å². The molecule has 1 heterocycles. The molecule has 2 aromatic carbocycles. The van der Waals surface area contributed by atoms with E-state index in [0.29, 0.717) is 30.4 Å². The number of methoxy groups -OCH3 is 1. The highest BCUT2D eigenvalue weighted by molar-refractivity contribution is 9.10. The number of carbonyl (C=O) groups is 1. The molecule has 0 bridgehead atoms. The number of ether oxygens (including phenoxy) is 1. The van der Waals surface area contributed by atoms with Gasteiger partial charge in [-0.3, -0.25) is 4.79 Å². The Morgan fingerprint density at radius 3 is 2.50 bits per heavy atom. The number of rotatable bonds is 5. The van der Waals surface area contributed by atoms with Crippen molar-refractivity contribution in [3.05, 3.63) is 52.5 Å². The quantitative estimate of drug-likeness (QED) is 0.718. The van der Waals surface area contributed by atoms with Crippen molar-refractivity contribution in [1.29, 1.82) is 0 Å². The SMILES string of the molecule is COc1ccc(S(=O)(=O)N2CCC(C)CC2)cc1C(=O)Nc1ccccc1Br. The summed E-state index contributed by atoms with van der Waals surface area (Å²) in [5.74, 6) is 0.400. The van der Waals surface area contributed by atoms with Crippen LogP contribution in [-0.2, 0) is 10.0 Å². The monoisotopic (exact) mass is 466 g/mol. The zero-order valence-corrected chi connectivity index (χ0v) is 18.2. The molecule has 0 aliphatic carbocycles. The average molecular weight is 467 g/mol. The van der Waals surface area contributed by atoms with Crippen LogP contribution in [0.5, 0.6) is 5.75 Å². The fourth-order valence-corrected chi connectivity index (χ4v) is 5.03. The number of sulfonamides is 1. The molecule has 3 rings (SSSR count). The third-order valence-electron chi connectivity index (χ3n) is 4.92. The number of piperidine rings is 1.